The largest absolute Gasteiger partial charge is 0.338 e. The second kappa shape index (κ2) is 11.1. The Balaban J connectivity index is 1.59. The van der Waals surface area contributed by atoms with Crippen LogP contribution < -0.4 is 4.72 Å². The van der Waals surface area contributed by atoms with E-state index in [1.165, 1.54) is 28.8 Å². The molecule has 0 bridgehead atoms. The molecule has 2 heterocycles. The topological polar surface area (TPSA) is 124 Å². The molecule has 4 amide bonds. The van der Waals surface area contributed by atoms with Gasteiger partial charge in [-0.25, -0.2) is 8.42 Å². The van der Waals surface area contributed by atoms with Crippen LogP contribution in [0.4, 0.5) is 0 Å². The summed E-state index contributed by atoms with van der Waals surface area (Å²) in [5.74, 6) is -0.756. The van der Waals surface area contributed by atoms with Crippen molar-refractivity contribution in [3.8, 4) is 0 Å². The SMILES string of the molecule is CSCCC(NS(=O)(=O)c1ccccc1)C(=O)N1CCN(C(=O)CN2C(=O)CCC2=O)CC1. The van der Waals surface area contributed by atoms with Crippen molar-refractivity contribution >= 4 is 45.4 Å². The van der Waals surface area contributed by atoms with Gasteiger partial charge in [0.2, 0.25) is 33.7 Å². The van der Waals surface area contributed by atoms with Crippen molar-refractivity contribution < 1.29 is 27.6 Å². The van der Waals surface area contributed by atoms with Crippen LogP contribution in [0.1, 0.15) is 19.3 Å². The number of carbonyl (C=O) groups is 4. The quantitative estimate of drug-likeness (QED) is 0.474. The molecule has 10 nitrogen and oxygen atoms in total. The normalized spacial score (nSPS) is 18.0. The number of rotatable bonds is 9. The van der Waals surface area contributed by atoms with Gasteiger partial charge in [0.05, 0.1) is 4.90 Å². The standard InChI is InChI=1S/C21H28N4O6S2/c1-32-14-9-17(22-33(30,31)16-5-3-2-4-6-16)21(29)24-12-10-23(11-13-24)20(28)15-25-18(26)7-8-19(25)27/h2-6,17,22H,7-15H2,1H3. The molecule has 2 aliphatic rings. The molecule has 0 saturated carbocycles. The minimum Gasteiger partial charge on any atom is -0.338 e. The van der Waals surface area contributed by atoms with E-state index in [0.717, 1.165) is 4.90 Å². The maximum absolute atomic E-state index is 13.1. The van der Waals surface area contributed by atoms with E-state index in [4.69, 9.17) is 0 Å². The number of hydrogen-bond donors (Lipinski definition) is 1. The molecule has 2 saturated heterocycles. The Kier molecular flexibility index (Phi) is 8.49. The van der Waals surface area contributed by atoms with Gasteiger partial charge in [-0.1, -0.05) is 18.2 Å². The Morgan fingerprint density at radius 3 is 2.15 bits per heavy atom. The van der Waals surface area contributed by atoms with E-state index in [2.05, 4.69) is 4.72 Å². The molecule has 1 atom stereocenters. The summed E-state index contributed by atoms with van der Waals surface area (Å²) in [5, 5.41) is 0. The number of imide groups is 1. The maximum atomic E-state index is 13.1. The van der Waals surface area contributed by atoms with E-state index >= 15 is 0 Å². The number of nitrogens with zero attached hydrogens (tertiary/aromatic N) is 3. The molecule has 12 heteroatoms. The molecule has 1 aromatic rings. The summed E-state index contributed by atoms with van der Waals surface area (Å²) in [5.41, 5.74) is 0. The van der Waals surface area contributed by atoms with Gasteiger partial charge < -0.3 is 9.80 Å². The van der Waals surface area contributed by atoms with Gasteiger partial charge >= 0.3 is 0 Å². The fraction of sp³-hybridized carbons (Fsp3) is 0.524. The molecule has 3 rings (SSSR count). The molecule has 2 fully saturated rings. The highest BCUT2D eigenvalue weighted by molar-refractivity contribution is 7.98. The van der Waals surface area contributed by atoms with Crippen molar-refractivity contribution in [3.63, 3.8) is 0 Å². The lowest BCUT2D eigenvalue weighted by Crippen LogP contribution is -2.57. The first-order valence-corrected chi connectivity index (χ1v) is 13.6. The molecule has 2 aliphatic heterocycles. The average Bonchev–Trinajstić information content (AvgIpc) is 3.14. The fourth-order valence-electron chi connectivity index (χ4n) is 3.75. The van der Waals surface area contributed by atoms with Crippen molar-refractivity contribution in [2.75, 3.05) is 44.7 Å². The highest BCUT2D eigenvalue weighted by Gasteiger charge is 2.34. The van der Waals surface area contributed by atoms with Crippen molar-refractivity contribution in [1.29, 1.82) is 0 Å². The fourth-order valence-corrected chi connectivity index (χ4v) is 5.47. The second-order valence-electron chi connectivity index (χ2n) is 7.85. The lowest BCUT2D eigenvalue weighted by Gasteiger charge is -2.37. The summed E-state index contributed by atoms with van der Waals surface area (Å²) in [7, 11) is -3.86. The molecule has 0 spiro atoms. The van der Waals surface area contributed by atoms with Gasteiger partial charge in [-0.3, -0.25) is 24.1 Å². The summed E-state index contributed by atoms with van der Waals surface area (Å²) < 4.78 is 28.0. The molecule has 180 valence electrons. The lowest BCUT2D eigenvalue weighted by atomic mass is 10.2. The third-order valence-corrected chi connectivity index (χ3v) is 7.78. The molecular formula is C21H28N4O6S2. The van der Waals surface area contributed by atoms with Crippen molar-refractivity contribution in [3.05, 3.63) is 30.3 Å². The Labute approximate surface area is 197 Å². The minimum atomic E-state index is -3.86. The van der Waals surface area contributed by atoms with Crippen LogP contribution in [0.2, 0.25) is 0 Å². The van der Waals surface area contributed by atoms with Crippen LogP contribution in [-0.4, -0.2) is 97.5 Å². The first-order valence-electron chi connectivity index (χ1n) is 10.7. The Bertz CT molecular complexity index is 977. The van der Waals surface area contributed by atoms with Crippen molar-refractivity contribution in [1.82, 2.24) is 19.4 Å². The smallest absolute Gasteiger partial charge is 0.242 e. The van der Waals surface area contributed by atoms with Crippen molar-refractivity contribution in [2.24, 2.45) is 0 Å². The third-order valence-electron chi connectivity index (χ3n) is 5.65. The molecule has 1 unspecified atom stereocenters. The number of benzene rings is 1. The van der Waals surface area contributed by atoms with E-state index in [1.54, 1.807) is 23.1 Å². The Hall–Kier alpha value is -2.44. The number of amides is 4. The second-order valence-corrected chi connectivity index (χ2v) is 10.5. The summed E-state index contributed by atoms with van der Waals surface area (Å²) in [6, 6.07) is 6.98. The monoisotopic (exact) mass is 496 g/mol. The predicted octanol–water partition coefficient (Wildman–Crippen LogP) is -0.0936. The summed E-state index contributed by atoms with van der Waals surface area (Å²) in [6.45, 7) is 0.715. The van der Waals surface area contributed by atoms with E-state index in [-0.39, 0.29) is 74.1 Å². The highest BCUT2D eigenvalue weighted by atomic mass is 32.2. The molecule has 33 heavy (non-hydrogen) atoms. The maximum Gasteiger partial charge on any atom is 0.242 e. The molecule has 0 radical (unpaired) electrons. The lowest BCUT2D eigenvalue weighted by molar-refractivity contribution is -0.147. The molecule has 1 N–H and O–H groups in total. The van der Waals surface area contributed by atoms with E-state index in [1.807, 2.05) is 6.26 Å². The van der Waals surface area contributed by atoms with Crippen LogP contribution in [0.5, 0.6) is 0 Å². The van der Waals surface area contributed by atoms with Crippen LogP contribution in [0.25, 0.3) is 0 Å². The molecule has 1 aromatic carbocycles. The Morgan fingerprint density at radius 1 is 1.00 bits per heavy atom. The van der Waals surface area contributed by atoms with Gasteiger partial charge in [-0.2, -0.15) is 16.5 Å². The van der Waals surface area contributed by atoms with Crippen molar-refractivity contribution in [2.45, 2.75) is 30.2 Å². The van der Waals surface area contributed by atoms with Crippen LogP contribution in [0.3, 0.4) is 0 Å². The minimum absolute atomic E-state index is 0.0911. The summed E-state index contributed by atoms with van der Waals surface area (Å²) >= 11 is 1.52. The molecular weight excluding hydrogens is 468 g/mol. The van der Waals surface area contributed by atoms with E-state index in [0.29, 0.717) is 12.2 Å². The number of sulfonamides is 1. The van der Waals surface area contributed by atoms with E-state index in [9.17, 15) is 27.6 Å². The zero-order chi connectivity index (χ0) is 24.0. The van der Waals surface area contributed by atoms with Crippen LogP contribution in [0, 0.1) is 0 Å². The van der Waals surface area contributed by atoms with Gasteiger partial charge in [-0.05, 0) is 30.6 Å². The van der Waals surface area contributed by atoms with Crippen LogP contribution >= 0.6 is 11.8 Å². The van der Waals surface area contributed by atoms with Gasteiger partial charge in [0.15, 0.2) is 0 Å². The van der Waals surface area contributed by atoms with Crippen LogP contribution in [0.15, 0.2) is 35.2 Å². The third kappa shape index (κ3) is 6.33. The molecule has 0 aliphatic carbocycles. The number of piperazine rings is 1. The number of nitrogens with one attached hydrogen (secondary N) is 1. The highest BCUT2D eigenvalue weighted by Crippen LogP contribution is 2.15. The van der Waals surface area contributed by atoms with Gasteiger partial charge in [-0.15, -0.1) is 0 Å². The zero-order valence-electron chi connectivity index (χ0n) is 18.4. The van der Waals surface area contributed by atoms with E-state index < -0.39 is 16.1 Å². The summed E-state index contributed by atoms with van der Waals surface area (Å²) in [4.78, 5) is 53.3. The van der Waals surface area contributed by atoms with Crippen LogP contribution in [-0.2, 0) is 29.2 Å². The predicted molar refractivity (Wildman–Crippen MR) is 123 cm³/mol. The van der Waals surface area contributed by atoms with Gasteiger partial charge in [0.25, 0.3) is 0 Å². The zero-order valence-corrected chi connectivity index (χ0v) is 20.1. The first kappa shape index (κ1) is 25.2. The molecule has 0 aromatic heterocycles. The number of carbonyl (C=O) groups excluding carboxylic acids is 4. The number of likely N-dealkylation sites (tertiary alicyclic amines) is 1. The van der Waals surface area contributed by atoms with Gasteiger partial charge in [0.1, 0.15) is 12.6 Å². The Morgan fingerprint density at radius 2 is 1.58 bits per heavy atom. The summed E-state index contributed by atoms with van der Waals surface area (Å²) in [6.07, 6.45) is 2.48. The number of hydrogen-bond acceptors (Lipinski definition) is 7. The first-order chi connectivity index (χ1) is 15.7. The average molecular weight is 497 g/mol. The van der Waals surface area contributed by atoms with Gasteiger partial charge in [0, 0.05) is 39.0 Å². The number of thioether (sulfide) groups is 1.